The maximum absolute atomic E-state index is 12.0. The fraction of sp³-hybridized carbons (Fsp3) is 0.417. The molecule has 1 fully saturated rings. The van der Waals surface area contributed by atoms with Crippen LogP contribution in [0.3, 0.4) is 0 Å². The van der Waals surface area contributed by atoms with Gasteiger partial charge in [-0.25, -0.2) is 13.6 Å². The summed E-state index contributed by atoms with van der Waals surface area (Å²) in [5.41, 5.74) is 0.475. The summed E-state index contributed by atoms with van der Waals surface area (Å²) >= 11 is 0. The first-order valence-electron chi connectivity index (χ1n) is 5.91. The van der Waals surface area contributed by atoms with Crippen molar-refractivity contribution in [2.45, 2.75) is 11.7 Å². The first-order valence-corrected chi connectivity index (χ1v) is 7.52. The maximum atomic E-state index is 12.0. The molecule has 0 radical (unpaired) electrons. The number of hydrogen-bond acceptors (Lipinski definition) is 5. The molecule has 0 aliphatic carbocycles. The van der Waals surface area contributed by atoms with Crippen molar-refractivity contribution in [1.29, 1.82) is 0 Å². The number of carbonyl (C=O) groups is 1. The Morgan fingerprint density at radius 2 is 2.00 bits per heavy atom. The number of sulfonamides is 1. The van der Waals surface area contributed by atoms with E-state index in [-0.39, 0.29) is 18.9 Å². The van der Waals surface area contributed by atoms with Gasteiger partial charge in [0.2, 0.25) is 15.9 Å². The zero-order chi connectivity index (χ0) is 14.9. The van der Waals surface area contributed by atoms with E-state index in [0.29, 0.717) is 17.2 Å². The molecule has 1 amide bonds. The molecule has 2 N–H and O–H groups in total. The minimum absolute atomic E-state index is 0.0151. The topological polar surface area (TPSA) is 98.9 Å². The Morgan fingerprint density at radius 3 is 2.50 bits per heavy atom. The second-order valence-corrected chi connectivity index (χ2v) is 6.28. The first kappa shape index (κ1) is 14.6. The van der Waals surface area contributed by atoms with Gasteiger partial charge < -0.3 is 14.4 Å². The average Bonchev–Trinajstić information content (AvgIpc) is 2.79. The number of rotatable bonds is 4. The van der Waals surface area contributed by atoms with Crippen LogP contribution in [0.1, 0.15) is 6.42 Å². The molecular formula is C12H16N2O5S. The molecule has 1 unspecified atom stereocenters. The van der Waals surface area contributed by atoms with Crippen LogP contribution in [0.25, 0.3) is 0 Å². The molecule has 1 aromatic carbocycles. The number of benzene rings is 1. The molecule has 1 atom stereocenters. The number of anilines is 1. The second-order valence-electron chi connectivity index (χ2n) is 4.43. The molecule has 0 saturated carbocycles. The van der Waals surface area contributed by atoms with Crippen LogP contribution in [-0.2, 0) is 14.8 Å². The summed E-state index contributed by atoms with van der Waals surface area (Å²) in [6.07, 6.45) is -0.126. The lowest BCUT2D eigenvalue weighted by Gasteiger charge is -2.20. The van der Waals surface area contributed by atoms with E-state index in [2.05, 4.69) is 0 Å². The smallest absolute Gasteiger partial charge is 0.228 e. The summed E-state index contributed by atoms with van der Waals surface area (Å²) in [4.78, 5) is 13.4. The number of ether oxygens (including phenoxy) is 2. The number of para-hydroxylation sites is 1. The molecule has 1 aromatic rings. The van der Waals surface area contributed by atoms with E-state index in [1.54, 1.807) is 18.2 Å². The van der Waals surface area contributed by atoms with Gasteiger partial charge in [0.15, 0.2) is 11.5 Å². The fourth-order valence-corrected chi connectivity index (χ4v) is 2.94. The quantitative estimate of drug-likeness (QED) is 0.850. The third-order valence-corrected chi connectivity index (χ3v) is 4.47. The van der Waals surface area contributed by atoms with Gasteiger partial charge in [-0.15, -0.1) is 0 Å². The van der Waals surface area contributed by atoms with Crippen LogP contribution in [0.5, 0.6) is 11.5 Å². The Morgan fingerprint density at radius 1 is 1.30 bits per heavy atom. The lowest BCUT2D eigenvalue weighted by atomic mass is 10.2. The largest absolute Gasteiger partial charge is 0.493 e. The Labute approximate surface area is 117 Å². The normalized spacial score (nSPS) is 19.2. The van der Waals surface area contributed by atoms with Crippen LogP contribution < -0.4 is 19.5 Å². The summed E-state index contributed by atoms with van der Waals surface area (Å²) in [5, 5.41) is 4.21. The number of amides is 1. The van der Waals surface area contributed by atoms with E-state index in [1.807, 2.05) is 0 Å². The standard InChI is InChI=1S/C12H16N2O5S/c1-18-10-5-3-4-9(12(10)19-2)14-7-8(6-11(14)15)20(13,16)17/h3-5,8H,6-7H2,1-2H3,(H2,13,16,17). The van der Waals surface area contributed by atoms with Crippen molar-refractivity contribution < 1.29 is 22.7 Å². The third-order valence-electron chi connectivity index (χ3n) is 3.23. The van der Waals surface area contributed by atoms with Crippen LogP contribution in [-0.4, -0.2) is 40.3 Å². The minimum atomic E-state index is -3.75. The molecule has 1 aliphatic heterocycles. The lowest BCUT2D eigenvalue weighted by molar-refractivity contribution is -0.117. The van der Waals surface area contributed by atoms with Gasteiger partial charge in [0.1, 0.15) is 5.25 Å². The van der Waals surface area contributed by atoms with Gasteiger partial charge in [0.25, 0.3) is 0 Å². The molecule has 8 heteroatoms. The van der Waals surface area contributed by atoms with Gasteiger partial charge in [-0.05, 0) is 12.1 Å². The van der Waals surface area contributed by atoms with Crippen LogP contribution in [0.2, 0.25) is 0 Å². The summed E-state index contributed by atoms with van der Waals surface area (Å²) in [5.74, 6) is 0.547. The van der Waals surface area contributed by atoms with Crippen molar-refractivity contribution in [3.05, 3.63) is 18.2 Å². The third kappa shape index (κ3) is 2.56. The number of primary sulfonamides is 1. The number of methoxy groups -OCH3 is 2. The van der Waals surface area contributed by atoms with Crippen molar-refractivity contribution in [2.75, 3.05) is 25.7 Å². The van der Waals surface area contributed by atoms with Gasteiger partial charge in [-0.3, -0.25) is 4.79 Å². The second kappa shape index (κ2) is 5.29. The van der Waals surface area contributed by atoms with Crippen LogP contribution in [0.15, 0.2) is 18.2 Å². The molecule has 1 saturated heterocycles. The number of carbonyl (C=O) groups excluding carboxylic acids is 1. The highest BCUT2D eigenvalue weighted by Crippen LogP contribution is 2.39. The van der Waals surface area contributed by atoms with Crippen LogP contribution >= 0.6 is 0 Å². The predicted molar refractivity (Wildman–Crippen MR) is 73.4 cm³/mol. The fourth-order valence-electron chi connectivity index (χ4n) is 2.21. The van der Waals surface area contributed by atoms with E-state index < -0.39 is 15.3 Å². The van der Waals surface area contributed by atoms with Crippen molar-refractivity contribution >= 4 is 21.6 Å². The number of hydrogen-bond donors (Lipinski definition) is 1. The van der Waals surface area contributed by atoms with Gasteiger partial charge in [0.05, 0.1) is 19.9 Å². The Hall–Kier alpha value is -1.80. The molecule has 1 heterocycles. The van der Waals surface area contributed by atoms with Crippen LogP contribution in [0.4, 0.5) is 5.69 Å². The molecule has 0 spiro atoms. The molecule has 20 heavy (non-hydrogen) atoms. The summed E-state index contributed by atoms with van der Waals surface area (Å²) in [6, 6.07) is 5.07. The lowest BCUT2D eigenvalue weighted by Crippen LogP contribution is -2.32. The molecule has 1 aliphatic rings. The van der Waals surface area contributed by atoms with Gasteiger partial charge in [0, 0.05) is 13.0 Å². The average molecular weight is 300 g/mol. The van der Waals surface area contributed by atoms with Crippen molar-refractivity contribution in [3.63, 3.8) is 0 Å². The Kier molecular flexibility index (Phi) is 3.87. The monoisotopic (exact) mass is 300 g/mol. The molecule has 110 valence electrons. The molecular weight excluding hydrogens is 284 g/mol. The molecule has 7 nitrogen and oxygen atoms in total. The molecule has 2 rings (SSSR count). The minimum Gasteiger partial charge on any atom is -0.493 e. The molecule has 0 bridgehead atoms. The van der Waals surface area contributed by atoms with E-state index in [4.69, 9.17) is 14.6 Å². The van der Waals surface area contributed by atoms with E-state index in [0.717, 1.165) is 0 Å². The highest BCUT2D eigenvalue weighted by Gasteiger charge is 2.38. The van der Waals surface area contributed by atoms with Crippen molar-refractivity contribution in [3.8, 4) is 11.5 Å². The van der Waals surface area contributed by atoms with Gasteiger partial charge in [-0.1, -0.05) is 6.07 Å². The first-order chi connectivity index (χ1) is 9.38. The highest BCUT2D eigenvalue weighted by atomic mass is 32.2. The molecule has 0 aromatic heterocycles. The number of nitrogens with zero attached hydrogens (tertiary/aromatic N) is 1. The summed E-state index contributed by atoms with van der Waals surface area (Å²) < 4.78 is 33.2. The SMILES string of the molecule is COc1cccc(N2CC(S(N)(=O)=O)CC2=O)c1OC. The zero-order valence-corrected chi connectivity index (χ0v) is 12.0. The van der Waals surface area contributed by atoms with Crippen LogP contribution in [0, 0.1) is 0 Å². The Bertz CT molecular complexity index is 629. The van der Waals surface area contributed by atoms with E-state index >= 15 is 0 Å². The van der Waals surface area contributed by atoms with E-state index in [1.165, 1.54) is 19.1 Å². The summed E-state index contributed by atoms with van der Waals surface area (Å²) in [7, 11) is -0.802. The zero-order valence-electron chi connectivity index (χ0n) is 11.2. The van der Waals surface area contributed by atoms with Crippen molar-refractivity contribution in [2.24, 2.45) is 5.14 Å². The highest BCUT2D eigenvalue weighted by molar-refractivity contribution is 7.89. The maximum Gasteiger partial charge on any atom is 0.228 e. The van der Waals surface area contributed by atoms with E-state index in [9.17, 15) is 13.2 Å². The van der Waals surface area contributed by atoms with Gasteiger partial charge >= 0.3 is 0 Å². The number of nitrogens with two attached hydrogens (primary N) is 1. The Balaban J connectivity index is 2.40. The summed E-state index contributed by atoms with van der Waals surface area (Å²) in [6.45, 7) is 0.0151. The van der Waals surface area contributed by atoms with Gasteiger partial charge in [-0.2, -0.15) is 0 Å². The van der Waals surface area contributed by atoms with Crippen molar-refractivity contribution in [1.82, 2.24) is 0 Å². The predicted octanol–water partition coefficient (Wildman–Crippen LogP) is 0.0976.